The van der Waals surface area contributed by atoms with Crippen molar-refractivity contribution < 1.29 is 52.7 Å². The Hall–Kier alpha value is -3.22. The van der Waals surface area contributed by atoms with Crippen LogP contribution in [0.5, 0.6) is 5.75 Å². The minimum absolute atomic E-state index is 0.00663. The van der Waals surface area contributed by atoms with Gasteiger partial charge in [0.15, 0.2) is 27.2 Å². The number of rotatable bonds is 6. The van der Waals surface area contributed by atoms with Gasteiger partial charge in [-0.15, -0.1) is 0 Å². The van der Waals surface area contributed by atoms with Crippen molar-refractivity contribution in [1.82, 2.24) is 0 Å². The highest BCUT2D eigenvalue weighted by molar-refractivity contribution is 7.92. The first-order valence-corrected chi connectivity index (χ1v) is 12.9. The molecule has 0 N–H and O–H groups in total. The highest BCUT2D eigenvalue weighted by Gasteiger charge is 2.75. The first-order valence-electron chi connectivity index (χ1n) is 11.4. The van der Waals surface area contributed by atoms with Crippen LogP contribution in [-0.2, 0) is 20.2 Å². The van der Waals surface area contributed by atoms with Crippen molar-refractivity contribution in [1.29, 1.82) is 0 Å². The van der Waals surface area contributed by atoms with Gasteiger partial charge in [-0.25, -0.2) is 21.6 Å². The molecular weight excluding hydrogens is 563 g/mol. The predicted octanol–water partition coefficient (Wildman–Crippen LogP) is 7.75. The molecule has 0 spiro atoms. The van der Waals surface area contributed by atoms with Crippen molar-refractivity contribution in [2.75, 3.05) is 0 Å². The summed E-state index contributed by atoms with van der Waals surface area (Å²) >= 11 is 0. The fraction of sp³-hybridized carbons (Fsp3) is 0.308. The summed E-state index contributed by atoms with van der Waals surface area (Å²) in [5.41, 5.74) is -6.86. The van der Waals surface area contributed by atoms with Crippen LogP contribution in [0.1, 0.15) is 36.8 Å². The number of hydrogen-bond acceptors (Lipinski definition) is 3. The van der Waals surface area contributed by atoms with Gasteiger partial charge < -0.3 is 4.74 Å². The van der Waals surface area contributed by atoms with Crippen LogP contribution < -0.4 is 4.74 Å². The Morgan fingerprint density at radius 2 is 1.18 bits per heavy atom. The van der Waals surface area contributed by atoms with Crippen LogP contribution in [0.2, 0.25) is 0 Å². The van der Waals surface area contributed by atoms with E-state index < -0.39 is 61.3 Å². The van der Waals surface area contributed by atoms with Crippen molar-refractivity contribution in [2.45, 2.75) is 53.3 Å². The topological polar surface area (TPSA) is 43.4 Å². The van der Waals surface area contributed by atoms with Crippen molar-refractivity contribution in [2.24, 2.45) is 0 Å². The molecule has 4 rings (SSSR count). The molecule has 39 heavy (non-hydrogen) atoms. The summed E-state index contributed by atoms with van der Waals surface area (Å²) in [4.78, 5) is -0.270. The lowest BCUT2D eigenvalue weighted by Crippen LogP contribution is -2.58. The lowest BCUT2D eigenvalue weighted by Gasteiger charge is -2.38. The third kappa shape index (κ3) is 4.64. The number of ether oxygens (including phenoxy) is 1. The fourth-order valence-corrected chi connectivity index (χ4v) is 7.12. The van der Waals surface area contributed by atoms with Gasteiger partial charge in [-0.1, -0.05) is 43.2 Å². The summed E-state index contributed by atoms with van der Waals surface area (Å²) in [6.07, 6.45) is -11.7. The molecule has 0 radical (unpaired) electrons. The fourth-order valence-electron chi connectivity index (χ4n) is 4.90. The van der Waals surface area contributed by atoms with E-state index >= 15 is 0 Å². The number of hydrogen-bond donors (Lipinski definition) is 0. The highest BCUT2D eigenvalue weighted by Crippen LogP contribution is 2.54. The number of sulfone groups is 1. The molecule has 0 aliphatic heterocycles. The van der Waals surface area contributed by atoms with E-state index in [2.05, 4.69) is 4.74 Å². The van der Waals surface area contributed by atoms with E-state index in [1.54, 1.807) is 0 Å². The van der Waals surface area contributed by atoms with Gasteiger partial charge in [0.25, 0.3) is 0 Å². The lowest BCUT2D eigenvalue weighted by atomic mass is 9.88. The Morgan fingerprint density at radius 1 is 0.692 bits per heavy atom. The van der Waals surface area contributed by atoms with Crippen LogP contribution in [0, 0.1) is 17.5 Å². The van der Waals surface area contributed by atoms with Gasteiger partial charge in [0.1, 0.15) is 10.6 Å². The maximum atomic E-state index is 14.2. The average Bonchev–Trinajstić information content (AvgIpc) is 3.35. The normalized spacial score (nSPS) is 16.3. The first-order chi connectivity index (χ1) is 18.1. The lowest BCUT2D eigenvalue weighted by molar-refractivity contribution is -0.365. The Morgan fingerprint density at radius 3 is 1.64 bits per heavy atom. The number of halogens is 9. The molecule has 13 heteroatoms. The summed E-state index contributed by atoms with van der Waals surface area (Å²) in [5, 5.41) is 0. The third-order valence-electron chi connectivity index (χ3n) is 6.84. The van der Waals surface area contributed by atoms with Crippen molar-refractivity contribution in [3.8, 4) is 5.75 Å². The monoisotopic (exact) mass is 582 g/mol. The van der Waals surface area contributed by atoms with Crippen LogP contribution in [0.25, 0.3) is 0 Å². The standard InChI is InChI=1S/C26H19F9O3S/c27-18-10-12-19(13-11-18)39(36,37)23(14-1-2-15-23)16-6-8-17(9-7-16)24(25(30,31)32,26(33,34)35)38-22-20(28)4-3-5-21(22)29/h3-13H,1-2,14-15H2. The summed E-state index contributed by atoms with van der Waals surface area (Å²) in [7, 11) is -4.28. The zero-order valence-electron chi connectivity index (χ0n) is 19.7. The van der Waals surface area contributed by atoms with E-state index in [1.807, 2.05) is 0 Å². The van der Waals surface area contributed by atoms with Gasteiger partial charge in [-0.2, -0.15) is 26.3 Å². The number of para-hydroxylation sites is 1. The van der Waals surface area contributed by atoms with E-state index in [1.165, 1.54) is 0 Å². The summed E-state index contributed by atoms with van der Waals surface area (Å²) in [6.45, 7) is 0. The molecule has 0 heterocycles. The molecule has 1 aliphatic rings. The molecule has 1 aliphatic carbocycles. The van der Waals surface area contributed by atoms with Gasteiger partial charge in [-0.05, 0) is 54.8 Å². The highest BCUT2D eigenvalue weighted by atomic mass is 32.2. The second-order valence-electron chi connectivity index (χ2n) is 9.07. The number of benzene rings is 3. The minimum atomic E-state index is -6.26. The van der Waals surface area contributed by atoms with E-state index in [0.717, 1.165) is 42.5 Å². The van der Waals surface area contributed by atoms with E-state index in [0.29, 0.717) is 37.1 Å². The van der Waals surface area contributed by atoms with E-state index in [4.69, 9.17) is 0 Å². The van der Waals surface area contributed by atoms with Crippen molar-refractivity contribution in [3.05, 3.63) is 95.3 Å². The van der Waals surface area contributed by atoms with Crippen LogP contribution in [0.4, 0.5) is 39.5 Å². The Bertz CT molecular complexity index is 1410. The molecule has 0 aromatic heterocycles. The van der Waals surface area contributed by atoms with Crippen molar-refractivity contribution >= 4 is 9.84 Å². The molecule has 1 saturated carbocycles. The summed E-state index contributed by atoms with van der Waals surface area (Å²) in [6, 6.07) is 7.85. The van der Waals surface area contributed by atoms with Gasteiger partial charge in [0.2, 0.25) is 0 Å². The van der Waals surface area contributed by atoms with Crippen LogP contribution in [-0.4, -0.2) is 20.8 Å². The van der Waals surface area contributed by atoms with E-state index in [9.17, 15) is 47.9 Å². The molecule has 3 aromatic rings. The molecule has 3 nitrogen and oxygen atoms in total. The van der Waals surface area contributed by atoms with Gasteiger partial charge >= 0.3 is 18.0 Å². The Balaban J connectivity index is 1.88. The van der Waals surface area contributed by atoms with E-state index in [-0.39, 0.29) is 23.3 Å². The molecule has 0 bridgehead atoms. The zero-order valence-corrected chi connectivity index (χ0v) is 20.5. The molecule has 0 saturated heterocycles. The average molecular weight is 582 g/mol. The van der Waals surface area contributed by atoms with Crippen LogP contribution >= 0.6 is 0 Å². The molecule has 0 unspecified atom stereocenters. The predicted molar refractivity (Wildman–Crippen MR) is 121 cm³/mol. The van der Waals surface area contributed by atoms with Crippen LogP contribution in [0.3, 0.4) is 0 Å². The summed E-state index contributed by atoms with van der Waals surface area (Å²) in [5.74, 6) is -6.18. The van der Waals surface area contributed by atoms with Gasteiger partial charge in [-0.3, -0.25) is 0 Å². The Kier molecular flexibility index (Phi) is 7.20. The van der Waals surface area contributed by atoms with Crippen LogP contribution in [0.15, 0.2) is 71.6 Å². The molecule has 1 fully saturated rings. The minimum Gasteiger partial charge on any atom is -0.458 e. The van der Waals surface area contributed by atoms with Gasteiger partial charge in [0, 0.05) is 5.56 Å². The van der Waals surface area contributed by atoms with Gasteiger partial charge in [0.05, 0.1) is 4.90 Å². The van der Waals surface area contributed by atoms with Crippen molar-refractivity contribution in [3.63, 3.8) is 0 Å². The molecule has 210 valence electrons. The second-order valence-corrected chi connectivity index (χ2v) is 11.3. The number of alkyl halides is 6. The maximum Gasteiger partial charge on any atom is 0.442 e. The maximum absolute atomic E-state index is 14.2. The molecule has 0 atom stereocenters. The summed E-state index contributed by atoms with van der Waals surface area (Å²) < 4.78 is 157. The smallest absolute Gasteiger partial charge is 0.442 e. The second kappa shape index (κ2) is 9.76. The SMILES string of the molecule is O=S(=O)(c1ccc(F)cc1)C1(c2ccc(C(Oc3c(F)cccc3F)(C(F)(F)F)C(F)(F)F)cc2)CCCC1. The molecule has 3 aromatic carbocycles. The largest absolute Gasteiger partial charge is 0.458 e. The Labute approximate surface area is 217 Å². The first kappa shape index (κ1) is 28.8. The third-order valence-corrected chi connectivity index (χ3v) is 9.41. The zero-order chi connectivity index (χ0) is 28.9. The molecular formula is C26H19F9O3S. The quantitative estimate of drug-likeness (QED) is 0.221. The molecule has 0 amide bonds.